The van der Waals surface area contributed by atoms with Gasteiger partial charge in [-0.3, -0.25) is 0 Å². The van der Waals surface area contributed by atoms with Gasteiger partial charge in [0.05, 0.1) is 0 Å². The molecule has 0 fully saturated rings. The third-order valence-electron chi connectivity index (χ3n) is 4.39. The summed E-state index contributed by atoms with van der Waals surface area (Å²) in [5.74, 6) is 0. The average Bonchev–Trinajstić information content (AvgIpc) is 2.53. The second-order valence-corrected chi connectivity index (χ2v) is 5.42. The molecule has 0 aromatic heterocycles. The van der Waals surface area contributed by atoms with E-state index in [-0.39, 0.29) is 11.0 Å². The van der Waals surface area contributed by atoms with Crippen LogP contribution in [0, 0.1) is 0 Å². The average molecular weight is 280 g/mol. The highest BCUT2D eigenvalue weighted by Gasteiger charge is 2.11. The standard InChI is InChI=1S/C20H12.Si/c1-2-8-16-15(7-1)17-9-3-5-13-11-12-14-6-4-10-18(16)20(14)19(13)17;/h1-12H;. The molecule has 0 atom stereocenters. The lowest BCUT2D eigenvalue weighted by atomic mass is 9.89. The van der Waals surface area contributed by atoms with E-state index in [4.69, 9.17) is 0 Å². The Labute approximate surface area is 127 Å². The number of hydrogen-bond acceptors (Lipinski definition) is 0. The van der Waals surface area contributed by atoms with Crippen molar-refractivity contribution in [2.45, 2.75) is 0 Å². The fraction of sp³-hybridized carbons (Fsp3) is 0. The molecule has 5 rings (SSSR count). The van der Waals surface area contributed by atoms with Crippen molar-refractivity contribution in [3.8, 4) is 0 Å². The molecule has 5 aromatic carbocycles. The second-order valence-electron chi connectivity index (χ2n) is 5.42. The lowest BCUT2D eigenvalue weighted by Crippen LogP contribution is -1.86. The van der Waals surface area contributed by atoms with Crippen molar-refractivity contribution in [2.24, 2.45) is 0 Å². The summed E-state index contributed by atoms with van der Waals surface area (Å²) in [6.45, 7) is 0. The van der Waals surface area contributed by atoms with E-state index in [9.17, 15) is 0 Å². The lowest BCUT2D eigenvalue weighted by Gasteiger charge is -2.14. The van der Waals surface area contributed by atoms with Crippen LogP contribution >= 0.6 is 0 Å². The minimum absolute atomic E-state index is 0. The maximum absolute atomic E-state index is 2.25. The van der Waals surface area contributed by atoms with Gasteiger partial charge in [0.25, 0.3) is 0 Å². The van der Waals surface area contributed by atoms with Gasteiger partial charge in [0.1, 0.15) is 0 Å². The molecule has 0 amide bonds. The maximum atomic E-state index is 2.25. The van der Waals surface area contributed by atoms with E-state index < -0.39 is 0 Å². The molecular formula is C20H12Si. The Morgan fingerprint density at radius 2 is 0.810 bits per heavy atom. The van der Waals surface area contributed by atoms with Crippen LogP contribution in [0.5, 0.6) is 0 Å². The zero-order chi connectivity index (χ0) is 13.1. The Morgan fingerprint density at radius 1 is 0.381 bits per heavy atom. The fourth-order valence-corrected chi connectivity index (χ4v) is 3.56. The Balaban J connectivity index is 0.00000115. The van der Waals surface area contributed by atoms with Gasteiger partial charge < -0.3 is 0 Å². The van der Waals surface area contributed by atoms with Crippen molar-refractivity contribution < 1.29 is 0 Å². The Kier molecular flexibility index (Phi) is 2.53. The van der Waals surface area contributed by atoms with Crippen molar-refractivity contribution in [2.75, 3.05) is 0 Å². The molecule has 0 aliphatic rings. The first-order valence-corrected chi connectivity index (χ1v) is 6.98. The van der Waals surface area contributed by atoms with Crippen molar-refractivity contribution in [1.82, 2.24) is 0 Å². The van der Waals surface area contributed by atoms with Crippen LogP contribution in [-0.4, -0.2) is 11.0 Å². The SMILES string of the molecule is [Si].c1ccc2c(c1)c1cccc3ccc4cccc2c4c31. The zero-order valence-electron chi connectivity index (χ0n) is 11.4. The summed E-state index contributed by atoms with van der Waals surface area (Å²) in [4.78, 5) is 0. The van der Waals surface area contributed by atoms with E-state index in [2.05, 4.69) is 72.8 Å². The third kappa shape index (κ3) is 1.49. The minimum Gasteiger partial charge on any atom is -0.0616 e. The summed E-state index contributed by atoms with van der Waals surface area (Å²) in [5, 5.41) is 10.9. The van der Waals surface area contributed by atoms with Crippen LogP contribution < -0.4 is 0 Å². The first-order chi connectivity index (χ1) is 9.93. The van der Waals surface area contributed by atoms with Crippen LogP contribution in [0.1, 0.15) is 0 Å². The monoisotopic (exact) mass is 280 g/mol. The number of rotatable bonds is 0. The predicted octanol–water partition coefficient (Wildman–Crippen LogP) is 5.36. The Hall–Kier alpha value is -2.38. The van der Waals surface area contributed by atoms with Crippen LogP contribution in [0.3, 0.4) is 0 Å². The first kappa shape index (κ1) is 12.4. The molecule has 21 heavy (non-hydrogen) atoms. The van der Waals surface area contributed by atoms with Crippen LogP contribution in [0.4, 0.5) is 0 Å². The fourth-order valence-electron chi connectivity index (χ4n) is 3.56. The van der Waals surface area contributed by atoms with Gasteiger partial charge in [-0.15, -0.1) is 0 Å². The summed E-state index contributed by atoms with van der Waals surface area (Å²) < 4.78 is 0. The highest BCUT2D eigenvalue weighted by Crippen LogP contribution is 2.40. The topological polar surface area (TPSA) is 0 Å². The molecule has 0 spiro atoms. The first-order valence-electron chi connectivity index (χ1n) is 6.98. The van der Waals surface area contributed by atoms with Crippen LogP contribution in [0.2, 0.25) is 0 Å². The number of benzene rings is 5. The van der Waals surface area contributed by atoms with Gasteiger partial charge in [-0.05, 0) is 43.1 Å². The van der Waals surface area contributed by atoms with Gasteiger partial charge in [-0.1, -0.05) is 72.8 Å². The Morgan fingerprint density at radius 3 is 1.29 bits per heavy atom. The van der Waals surface area contributed by atoms with Crippen LogP contribution in [-0.2, 0) is 0 Å². The molecule has 4 radical (unpaired) electrons. The van der Waals surface area contributed by atoms with Crippen LogP contribution in [0.25, 0.3) is 43.1 Å². The molecule has 0 N–H and O–H groups in total. The van der Waals surface area contributed by atoms with E-state index in [0.29, 0.717) is 0 Å². The van der Waals surface area contributed by atoms with Crippen molar-refractivity contribution in [3.63, 3.8) is 0 Å². The molecule has 0 nitrogen and oxygen atoms in total. The van der Waals surface area contributed by atoms with E-state index in [1.54, 1.807) is 0 Å². The number of hydrogen-bond donors (Lipinski definition) is 0. The highest BCUT2D eigenvalue weighted by atomic mass is 28.1. The largest absolute Gasteiger partial charge is 0.0616 e. The molecular weight excluding hydrogens is 268 g/mol. The van der Waals surface area contributed by atoms with E-state index >= 15 is 0 Å². The third-order valence-corrected chi connectivity index (χ3v) is 4.39. The van der Waals surface area contributed by atoms with Crippen molar-refractivity contribution in [3.05, 3.63) is 72.8 Å². The smallest absolute Gasteiger partial charge is 0 e. The van der Waals surface area contributed by atoms with Crippen LogP contribution in [0.15, 0.2) is 72.8 Å². The molecule has 0 saturated heterocycles. The normalized spacial score (nSPS) is 11.4. The van der Waals surface area contributed by atoms with E-state index in [1.807, 2.05) is 0 Å². The summed E-state index contributed by atoms with van der Waals surface area (Å²) >= 11 is 0. The molecule has 96 valence electrons. The molecule has 5 aromatic rings. The van der Waals surface area contributed by atoms with Gasteiger partial charge in [0.15, 0.2) is 0 Å². The second kappa shape index (κ2) is 4.30. The zero-order valence-corrected chi connectivity index (χ0v) is 12.4. The summed E-state index contributed by atoms with van der Waals surface area (Å²) in [6, 6.07) is 26.4. The van der Waals surface area contributed by atoms with E-state index in [1.165, 1.54) is 43.1 Å². The van der Waals surface area contributed by atoms with Crippen molar-refractivity contribution in [1.29, 1.82) is 0 Å². The molecule has 0 bridgehead atoms. The molecule has 0 aliphatic heterocycles. The summed E-state index contributed by atoms with van der Waals surface area (Å²) in [7, 11) is 0. The van der Waals surface area contributed by atoms with Gasteiger partial charge >= 0.3 is 0 Å². The summed E-state index contributed by atoms with van der Waals surface area (Å²) in [6.07, 6.45) is 0. The lowest BCUT2D eigenvalue weighted by molar-refractivity contribution is 1.78. The van der Waals surface area contributed by atoms with Crippen molar-refractivity contribution >= 4 is 54.1 Å². The molecule has 0 heterocycles. The Bertz CT molecular complexity index is 1000. The predicted molar refractivity (Wildman–Crippen MR) is 93.4 cm³/mol. The van der Waals surface area contributed by atoms with Gasteiger partial charge in [0, 0.05) is 11.0 Å². The molecule has 0 aliphatic carbocycles. The quantitative estimate of drug-likeness (QED) is 0.203. The number of fused-ring (bicyclic) bond motifs is 3. The maximum Gasteiger partial charge on any atom is 0 e. The van der Waals surface area contributed by atoms with Gasteiger partial charge in [-0.25, -0.2) is 0 Å². The molecule has 1 heteroatoms. The van der Waals surface area contributed by atoms with Gasteiger partial charge in [-0.2, -0.15) is 0 Å². The molecule has 0 unspecified atom stereocenters. The highest BCUT2D eigenvalue weighted by molar-refractivity contribution is 6.33. The van der Waals surface area contributed by atoms with Gasteiger partial charge in [0.2, 0.25) is 0 Å². The molecule has 0 saturated carbocycles. The minimum atomic E-state index is 0. The summed E-state index contributed by atoms with van der Waals surface area (Å²) in [5.41, 5.74) is 0. The van der Waals surface area contributed by atoms with E-state index in [0.717, 1.165) is 0 Å².